The summed E-state index contributed by atoms with van der Waals surface area (Å²) in [5.74, 6) is 0.104. The summed E-state index contributed by atoms with van der Waals surface area (Å²) < 4.78 is 0. The molecule has 3 heteroatoms. The van der Waals surface area contributed by atoms with Crippen LogP contribution in [0.3, 0.4) is 0 Å². The number of halogens is 1. The number of benzene rings is 3. The van der Waals surface area contributed by atoms with Gasteiger partial charge < -0.3 is 5.11 Å². The zero-order valence-corrected chi connectivity index (χ0v) is 19.2. The first kappa shape index (κ1) is 22.3. The average molecular weight is 441 g/mol. The van der Waals surface area contributed by atoms with Crippen LogP contribution in [-0.4, -0.2) is 10.1 Å². The smallest absolute Gasteiger partial charge is 0.0843 e. The van der Waals surface area contributed by atoms with Crippen molar-refractivity contribution in [1.82, 2.24) is 4.98 Å². The Kier molecular flexibility index (Phi) is 6.45. The maximum absolute atomic E-state index is 10.7. The summed E-state index contributed by atoms with van der Waals surface area (Å²) in [5, 5.41) is 12.4. The molecule has 0 amide bonds. The highest BCUT2D eigenvalue weighted by Crippen LogP contribution is 2.35. The van der Waals surface area contributed by atoms with Crippen LogP contribution in [0.1, 0.15) is 54.1 Å². The van der Waals surface area contributed by atoms with E-state index < -0.39 is 5.60 Å². The third kappa shape index (κ3) is 4.93. The third-order valence-corrected chi connectivity index (χ3v) is 5.95. The Morgan fingerprint density at radius 2 is 1.75 bits per heavy atom. The zero-order chi connectivity index (χ0) is 22.7. The predicted octanol–water partition coefficient (Wildman–Crippen LogP) is 7.64. The first-order valence-corrected chi connectivity index (χ1v) is 11.2. The second-order valence-electron chi connectivity index (χ2n) is 8.56. The van der Waals surface area contributed by atoms with E-state index in [1.165, 1.54) is 5.56 Å². The van der Waals surface area contributed by atoms with E-state index in [-0.39, 0.29) is 5.92 Å². The molecule has 2 nitrogen and oxygen atoms in total. The molecule has 4 aromatic rings. The number of hydrogen-bond donors (Lipinski definition) is 1. The van der Waals surface area contributed by atoms with E-state index in [4.69, 9.17) is 16.6 Å². The third-order valence-electron chi connectivity index (χ3n) is 5.72. The van der Waals surface area contributed by atoms with Gasteiger partial charge in [-0.15, -0.1) is 0 Å². The number of hydrogen-bond acceptors (Lipinski definition) is 2. The van der Waals surface area contributed by atoms with Gasteiger partial charge in [0.15, 0.2) is 0 Å². The summed E-state index contributed by atoms with van der Waals surface area (Å²) in [7, 11) is 0. The normalized spacial score (nSPS) is 13.0. The minimum atomic E-state index is -0.911. The fourth-order valence-corrected chi connectivity index (χ4v) is 4.29. The lowest BCUT2D eigenvalue weighted by molar-refractivity contribution is 0.0774. The van der Waals surface area contributed by atoms with E-state index in [0.29, 0.717) is 11.4 Å². The van der Waals surface area contributed by atoms with Gasteiger partial charge in [-0.3, -0.25) is 0 Å². The van der Waals surface area contributed by atoms with Gasteiger partial charge in [-0.2, -0.15) is 0 Å². The van der Waals surface area contributed by atoms with E-state index in [0.717, 1.165) is 33.3 Å². The van der Waals surface area contributed by atoms with Crippen LogP contribution >= 0.6 is 11.6 Å². The number of fused-ring (bicyclic) bond motifs is 1. The molecule has 1 atom stereocenters. The summed E-state index contributed by atoms with van der Waals surface area (Å²) >= 11 is 6.12. The van der Waals surface area contributed by atoms with Crippen LogP contribution in [-0.2, 0) is 5.60 Å². The highest BCUT2D eigenvalue weighted by molar-refractivity contribution is 6.31. The molecule has 1 heterocycles. The summed E-state index contributed by atoms with van der Waals surface area (Å²) in [4.78, 5) is 4.70. The molecule has 0 aliphatic rings. The molecular weight excluding hydrogens is 414 g/mol. The molecule has 4 rings (SSSR count). The lowest BCUT2D eigenvalue weighted by Crippen LogP contribution is -2.19. The summed E-state index contributed by atoms with van der Waals surface area (Å²) in [6.07, 6.45) is 4.79. The number of pyridine rings is 1. The first-order chi connectivity index (χ1) is 15.3. The number of nitrogens with zero attached hydrogens (tertiary/aromatic N) is 1. The van der Waals surface area contributed by atoms with E-state index >= 15 is 0 Å². The fourth-order valence-electron chi connectivity index (χ4n) is 4.12. The van der Waals surface area contributed by atoms with Crippen molar-refractivity contribution in [3.8, 4) is 0 Å². The molecule has 0 saturated carbocycles. The Hall–Kier alpha value is -2.94. The van der Waals surface area contributed by atoms with Gasteiger partial charge in [-0.25, -0.2) is 4.98 Å². The molecular formula is C29H27ClNO. The van der Waals surface area contributed by atoms with Crippen molar-refractivity contribution in [2.24, 2.45) is 0 Å². The molecule has 0 unspecified atom stereocenters. The molecule has 0 spiro atoms. The largest absolute Gasteiger partial charge is 0.386 e. The maximum atomic E-state index is 10.7. The van der Waals surface area contributed by atoms with Crippen LogP contribution in [0.25, 0.3) is 23.1 Å². The van der Waals surface area contributed by atoms with E-state index in [1.807, 2.05) is 62.4 Å². The molecule has 3 aromatic carbocycles. The molecule has 1 aromatic heterocycles. The van der Waals surface area contributed by atoms with Gasteiger partial charge in [-0.1, -0.05) is 85.3 Å². The fraction of sp³-hybridized carbons (Fsp3) is 0.172. The summed E-state index contributed by atoms with van der Waals surface area (Å²) in [6.45, 7) is 7.86. The van der Waals surface area contributed by atoms with Gasteiger partial charge in [0.05, 0.1) is 16.8 Å². The quantitative estimate of drug-likeness (QED) is 0.334. The minimum absolute atomic E-state index is 0.104. The number of aliphatic hydroxyl groups is 1. The van der Waals surface area contributed by atoms with Crippen molar-refractivity contribution in [2.75, 3.05) is 0 Å². The predicted molar refractivity (Wildman–Crippen MR) is 136 cm³/mol. The molecule has 32 heavy (non-hydrogen) atoms. The van der Waals surface area contributed by atoms with Gasteiger partial charge in [0.25, 0.3) is 0 Å². The minimum Gasteiger partial charge on any atom is -0.386 e. The highest BCUT2D eigenvalue weighted by atomic mass is 35.5. The summed E-state index contributed by atoms with van der Waals surface area (Å²) in [6, 6.07) is 26.4. The van der Waals surface area contributed by atoms with Crippen LogP contribution in [0, 0.1) is 6.92 Å². The Balaban J connectivity index is 1.65. The summed E-state index contributed by atoms with van der Waals surface area (Å²) in [5.41, 5.74) is 5.18. The Morgan fingerprint density at radius 3 is 2.53 bits per heavy atom. The van der Waals surface area contributed by atoms with Gasteiger partial charge in [0.2, 0.25) is 0 Å². The molecule has 1 N–H and O–H groups in total. The van der Waals surface area contributed by atoms with Crippen LogP contribution in [0.15, 0.2) is 78.9 Å². The van der Waals surface area contributed by atoms with E-state index in [1.54, 1.807) is 0 Å². The molecule has 1 radical (unpaired) electrons. The SMILES string of the molecule is [CH2]C[C@H](c1cccc(C=Cc2ccc3ccc(Cl)cc3n2)c1)c1ccccc1C(C)(C)O. The van der Waals surface area contributed by atoms with Crippen molar-refractivity contribution in [3.63, 3.8) is 0 Å². The Bertz CT molecular complexity index is 1270. The van der Waals surface area contributed by atoms with Crippen molar-refractivity contribution < 1.29 is 5.11 Å². The topological polar surface area (TPSA) is 33.1 Å². The van der Waals surface area contributed by atoms with Gasteiger partial charge in [0.1, 0.15) is 0 Å². The van der Waals surface area contributed by atoms with Crippen LogP contribution in [0.4, 0.5) is 0 Å². The first-order valence-electron chi connectivity index (χ1n) is 10.8. The lowest BCUT2D eigenvalue weighted by Gasteiger charge is -2.26. The zero-order valence-electron chi connectivity index (χ0n) is 18.4. The molecule has 0 saturated heterocycles. The standard InChI is InChI=1S/C29H27ClNO/c1-4-25(26-10-5-6-11-27(26)29(2,3)32)22-9-7-8-20(18-22)12-16-24-17-14-21-13-15-23(30)19-28(21)31-24/h5-19,25,32H,1,4H2,2-3H3/t25-/m1/s1. The highest BCUT2D eigenvalue weighted by Gasteiger charge is 2.24. The molecule has 161 valence electrons. The average Bonchev–Trinajstić information content (AvgIpc) is 2.78. The number of rotatable bonds is 6. The van der Waals surface area contributed by atoms with Crippen LogP contribution < -0.4 is 0 Å². The second kappa shape index (κ2) is 9.28. The molecule has 0 bridgehead atoms. The van der Waals surface area contributed by atoms with Crippen molar-refractivity contribution in [3.05, 3.63) is 119 Å². The Morgan fingerprint density at radius 1 is 0.969 bits per heavy atom. The van der Waals surface area contributed by atoms with Gasteiger partial charge >= 0.3 is 0 Å². The number of aromatic nitrogens is 1. The lowest BCUT2D eigenvalue weighted by atomic mass is 9.81. The van der Waals surface area contributed by atoms with Gasteiger partial charge in [0, 0.05) is 16.3 Å². The molecule has 0 fully saturated rings. The van der Waals surface area contributed by atoms with Crippen LogP contribution in [0.5, 0.6) is 0 Å². The maximum Gasteiger partial charge on any atom is 0.0843 e. The van der Waals surface area contributed by atoms with Crippen molar-refractivity contribution in [1.29, 1.82) is 0 Å². The second-order valence-corrected chi connectivity index (χ2v) is 9.00. The van der Waals surface area contributed by atoms with Crippen LogP contribution in [0.2, 0.25) is 5.02 Å². The van der Waals surface area contributed by atoms with Crippen molar-refractivity contribution >= 4 is 34.7 Å². The van der Waals surface area contributed by atoms with Gasteiger partial charge in [-0.05, 0) is 66.8 Å². The molecule has 0 aliphatic carbocycles. The monoisotopic (exact) mass is 440 g/mol. The molecule has 0 aliphatic heterocycles. The van der Waals surface area contributed by atoms with E-state index in [9.17, 15) is 5.11 Å². The Labute approximate surface area is 195 Å². The van der Waals surface area contributed by atoms with Crippen molar-refractivity contribution in [2.45, 2.75) is 31.8 Å². The van der Waals surface area contributed by atoms with E-state index in [2.05, 4.69) is 49.4 Å².